The lowest BCUT2D eigenvalue weighted by atomic mass is 9.95. The lowest BCUT2D eigenvalue weighted by molar-refractivity contribution is 0.669. The topological polar surface area (TPSA) is 16.4 Å². The second-order valence-electron chi connectivity index (χ2n) is 13.7. The molecule has 0 bridgehead atoms. The molecule has 0 spiro atoms. The minimum atomic E-state index is 0.887. The second kappa shape index (κ2) is 13.4. The van der Waals surface area contributed by atoms with E-state index in [1.54, 1.807) is 0 Å². The molecule has 9 aromatic carbocycles. The van der Waals surface area contributed by atoms with Crippen molar-refractivity contribution in [3.05, 3.63) is 212 Å². The summed E-state index contributed by atoms with van der Waals surface area (Å²) in [4.78, 5) is 2.42. The molecular weight excluding hydrogens is 655 g/mol. The van der Waals surface area contributed by atoms with Gasteiger partial charge in [0.15, 0.2) is 0 Å². The maximum Gasteiger partial charge on any atom is 0.136 e. The molecule has 0 aliphatic rings. The maximum absolute atomic E-state index is 6.42. The molecule has 1 heterocycles. The summed E-state index contributed by atoms with van der Waals surface area (Å²) in [6, 6.07) is 76.0. The minimum Gasteiger partial charge on any atom is -0.456 e. The predicted molar refractivity (Wildman–Crippen MR) is 228 cm³/mol. The number of nitrogens with zero attached hydrogens (tertiary/aromatic N) is 1. The number of anilines is 3. The number of furan rings is 1. The molecule has 0 fully saturated rings. The standard InChI is InChI=1S/C52H35NO/c1-4-14-36(15-5-1)38-24-28-44(29-25-38)53(50-30-26-42(37-16-6-2-7-17-37)32-46(50)39-18-8-3-9-19-39)49-23-13-12-22-45(49)43-27-31-51-47(34-43)48-33-40-20-10-11-21-41(40)35-52(48)54-51/h1-35H. The van der Waals surface area contributed by atoms with Gasteiger partial charge < -0.3 is 9.32 Å². The molecule has 0 aliphatic heterocycles. The van der Waals surface area contributed by atoms with Gasteiger partial charge >= 0.3 is 0 Å². The average molecular weight is 690 g/mol. The van der Waals surface area contributed by atoms with E-state index >= 15 is 0 Å². The zero-order valence-corrected chi connectivity index (χ0v) is 29.6. The smallest absolute Gasteiger partial charge is 0.136 e. The highest BCUT2D eigenvalue weighted by atomic mass is 16.3. The van der Waals surface area contributed by atoms with Crippen molar-refractivity contribution in [2.24, 2.45) is 0 Å². The SMILES string of the molecule is c1ccc(-c2ccc(N(c3ccccc3-c3ccc4oc5cc6ccccc6cc5c4c3)c3ccc(-c4ccccc4)cc3-c3ccccc3)cc2)cc1. The van der Waals surface area contributed by atoms with Crippen LogP contribution in [-0.2, 0) is 0 Å². The molecule has 54 heavy (non-hydrogen) atoms. The summed E-state index contributed by atoms with van der Waals surface area (Å²) in [6.07, 6.45) is 0. The first-order valence-corrected chi connectivity index (χ1v) is 18.4. The number of benzene rings is 9. The summed E-state index contributed by atoms with van der Waals surface area (Å²) in [5, 5.41) is 4.62. The predicted octanol–water partition coefficient (Wildman–Crippen LogP) is 14.9. The van der Waals surface area contributed by atoms with Gasteiger partial charge in [0.05, 0.1) is 11.4 Å². The monoisotopic (exact) mass is 689 g/mol. The van der Waals surface area contributed by atoms with Gasteiger partial charge in [0.1, 0.15) is 11.2 Å². The minimum absolute atomic E-state index is 0.887. The van der Waals surface area contributed by atoms with Crippen molar-refractivity contribution in [3.8, 4) is 44.5 Å². The highest BCUT2D eigenvalue weighted by molar-refractivity contribution is 6.11. The van der Waals surface area contributed by atoms with E-state index in [4.69, 9.17) is 4.42 Å². The van der Waals surface area contributed by atoms with Crippen molar-refractivity contribution in [2.75, 3.05) is 4.90 Å². The molecule has 0 radical (unpaired) electrons. The fourth-order valence-corrected chi connectivity index (χ4v) is 7.77. The van der Waals surface area contributed by atoms with Crippen LogP contribution < -0.4 is 4.90 Å². The number of para-hydroxylation sites is 1. The van der Waals surface area contributed by atoms with Crippen LogP contribution in [0, 0.1) is 0 Å². The molecule has 2 nitrogen and oxygen atoms in total. The van der Waals surface area contributed by atoms with E-state index in [-0.39, 0.29) is 0 Å². The number of hydrogen-bond acceptors (Lipinski definition) is 2. The van der Waals surface area contributed by atoms with E-state index in [1.165, 1.54) is 33.0 Å². The summed E-state index contributed by atoms with van der Waals surface area (Å²) < 4.78 is 6.42. The third-order valence-corrected chi connectivity index (χ3v) is 10.5. The Labute approximate surface area is 314 Å². The molecule has 1 aromatic heterocycles. The Morgan fingerprint density at radius 2 is 0.815 bits per heavy atom. The van der Waals surface area contributed by atoms with E-state index in [9.17, 15) is 0 Å². The van der Waals surface area contributed by atoms with Gasteiger partial charge in [-0.05, 0) is 98.8 Å². The van der Waals surface area contributed by atoms with E-state index < -0.39 is 0 Å². The fourth-order valence-electron chi connectivity index (χ4n) is 7.77. The summed E-state index contributed by atoms with van der Waals surface area (Å²) in [5.74, 6) is 0. The van der Waals surface area contributed by atoms with Crippen molar-refractivity contribution in [3.63, 3.8) is 0 Å². The first kappa shape index (κ1) is 31.6. The second-order valence-corrected chi connectivity index (χ2v) is 13.7. The Morgan fingerprint density at radius 3 is 1.54 bits per heavy atom. The first-order chi connectivity index (χ1) is 26.8. The molecule has 0 saturated heterocycles. The molecule has 2 heteroatoms. The normalized spacial score (nSPS) is 11.3. The highest BCUT2D eigenvalue weighted by Gasteiger charge is 2.22. The van der Waals surface area contributed by atoms with Crippen molar-refractivity contribution < 1.29 is 4.42 Å². The quantitative estimate of drug-likeness (QED) is 0.166. The Kier molecular flexibility index (Phi) is 7.85. The van der Waals surface area contributed by atoms with Crippen LogP contribution in [0.3, 0.4) is 0 Å². The highest BCUT2D eigenvalue weighted by Crippen LogP contribution is 2.47. The molecule has 0 aliphatic carbocycles. The zero-order chi connectivity index (χ0) is 35.8. The fraction of sp³-hybridized carbons (Fsp3) is 0. The van der Waals surface area contributed by atoms with Gasteiger partial charge in [-0.1, -0.05) is 158 Å². The molecule has 0 unspecified atom stereocenters. The van der Waals surface area contributed by atoms with Crippen LogP contribution in [0.5, 0.6) is 0 Å². The van der Waals surface area contributed by atoms with Gasteiger partial charge in [0.2, 0.25) is 0 Å². The van der Waals surface area contributed by atoms with Gasteiger partial charge in [0.25, 0.3) is 0 Å². The van der Waals surface area contributed by atoms with Crippen molar-refractivity contribution in [1.82, 2.24) is 0 Å². The van der Waals surface area contributed by atoms with E-state index in [1.807, 2.05) is 0 Å². The summed E-state index contributed by atoms with van der Waals surface area (Å²) in [6.45, 7) is 0. The number of fused-ring (bicyclic) bond motifs is 4. The lowest BCUT2D eigenvalue weighted by Crippen LogP contribution is -2.12. The third-order valence-electron chi connectivity index (χ3n) is 10.5. The van der Waals surface area contributed by atoms with Crippen molar-refractivity contribution in [2.45, 2.75) is 0 Å². The Bertz CT molecular complexity index is 2910. The third kappa shape index (κ3) is 5.71. The Hall–Kier alpha value is -7.16. The molecule has 10 rings (SSSR count). The van der Waals surface area contributed by atoms with E-state index in [0.29, 0.717) is 0 Å². The van der Waals surface area contributed by atoms with Crippen molar-refractivity contribution >= 4 is 49.8 Å². The molecule has 0 atom stereocenters. The van der Waals surface area contributed by atoms with Gasteiger partial charge in [-0.3, -0.25) is 0 Å². The van der Waals surface area contributed by atoms with Gasteiger partial charge in [0, 0.05) is 27.6 Å². The van der Waals surface area contributed by atoms with Crippen LogP contribution >= 0.6 is 0 Å². The molecule has 0 saturated carbocycles. The van der Waals surface area contributed by atoms with Gasteiger partial charge in [-0.25, -0.2) is 0 Å². The average Bonchev–Trinajstić information content (AvgIpc) is 3.61. The van der Waals surface area contributed by atoms with Gasteiger partial charge in [-0.15, -0.1) is 0 Å². The van der Waals surface area contributed by atoms with Crippen LogP contribution in [0.4, 0.5) is 17.1 Å². The Balaban J connectivity index is 1.19. The van der Waals surface area contributed by atoms with Crippen LogP contribution in [0.25, 0.3) is 77.2 Å². The molecule has 10 aromatic rings. The number of rotatable bonds is 7. The van der Waals surface area contributed by atoms with Crippen LogP contribution in [0.2, 0.25) is 0 Å². The molecular formula is C52H35NO. The molecule has 0 amide bonds. The molecule has 254 valence electrons. The van der Waals surface area contributed by atoms with E-state index in [0.717, 1.165) is 61.3 Å². The summed E-state index contributed by atoms with van der Waals surface area (Å²) in [7, 11) is 0. The largest absolute Gasteiger partial charge is 0.456 e. The maximum atomic E-state index is 6.42. The number of hydrogen-bond donors (Lipinski definition) is 0. The Morgan fingerprint density at radius 1 is 0.296 bits per heavy atom. The lowest BCUT2D eigenvalue weighted by Gasteiger charge is -2.30. The summed E-state index contributed by atoms with van der Waals surface area (Å²) >= 11 is 0. The zero-order valence-electron chi connectivity index (χ0n) is 29.6. The van der Waals surface area contributed by atoms with Crippen LogP contribution in [-0.4, -0.2) is 0 Å². The summed E-state index contributed by atoms with van der Waals surface area (Å²) in [5.41, 5.74) is 14.4. The van der Waals surface area contributed by atoms with Crippen LogP contribution in [0.15, 0.2) is 217 Å². The van der Waals surface area contributed by atoms with Crippen molar-refractivity contribution in [1.29, 1.82) is 0 Å². The molecule has 0 N–H and O–H groups in total. The van der Waals surface area contributed by atoms with Gasteiger partial charge in [-0.2, -0.15) is 0 Å². The van der Waals surface area contributed by atoms with E-state index in [2.05, 4.69) is 217 Å². The first-order valence-electron chi connectivity index (χ1n) is 18.4. The van der Waals surface area contributed by atoms with Crippen LogP contribution in [0.1, 0.15) is 0 Å².